The largest absolute Gasteiger partial charge is 0.353 e. The molecule has 0 radical (unpaired) electrons. The number of hydrogen-bond acceptors (Lipinski definition) is 2. The molecule has 1 aromatic heterocycles. The van der Waals surface area contributed by atoms with E-state index in [1.54, 1.807) is 19.0 Å². The molecule has 2 rings (SSSR count). The monoisotopic (exact) mass is 248 g/mol. The molecule has 18 heavy (non-hydrogen) atoms. The highest BCUT2D eigenvalue weighted by molar-refractivity contribution is 5.97. The lowest BCUT2D eigenvalue weighted by atomic mass is 10.1. The summed E-state index contributed by atoms with van der Waals surface area (Å²) in [7, 11) is 3.52. The van der Waals surface area contributed by atoms with E-state index in [0.717, 1.165) is 30.4 Å². The average Bonchev–Trinajstić information content (AvgIpc) is 2.67. The van der Waals surface area contributed by atoms with Crippen molar-refractivity contribution in [2.24, 2.45) is 0 Å². The van der Waals surface area contributed by atoms with Crippen LogP contribution in [0, 0.1) is 0 Å². The fourth-order valence-corrected chi connectivity index (χ4v) is 2.32. The number of rotatable bonds is 3. The number of carbonyl (C=O) groups is 2. The normalized spacial score (nSPS) is 15.1. The van der Waals surface area contributed by atoms with Gasteiger partial charge in [-0.2, -0.15) is 0 Å². The predicted octanol–water partition coefficient (Wildman–Crippen LogP) is 1.88. The van der Waals surface area contributed by atoms with Crippen LogP contribution < -0.4 is 0 Å². The molecule has 0 atom stereocenters. The number of hydrogen-bond donors (Lipinski definition) is 0. The minimum Gasteiger partial charge on any atom is -0.353 e. The number of aromatic nitrogens is 1. The SMILES string of the molecule is CN(C)C(=O)CCn1cc2c(c1)C(=O)CCCC2. The summed E-state index contributed by atoms with van der Waals surface area (Å²) in [5.74, 6) is 0.366. The van der Waals surface area contributed by atoms with E-state index in [1.807, 2.05) is 17.0 Å². The van der Waals surface area contributed by atoms with Crippen LogP contribution in [0.25, 0.3) is 0 Å². The Morgan fingerprint density at radius 2 is 2.00 bits per heavy atom. The molecule has 4 nitrogen and oxygen atoms in total. The van der Waals surface area contributed by atoms with E-state index in [1.165, 1.54) is 0 Å². The van der Waals surface area contributed by atoms with Gasteiger partial charge in [0, 0.05) is 51.4 Å². The third-order valence-corrected chi connectivity index (χ3v) is 3.45. The zero-order valence-corrected chi connectivity index (χ0v) is 11.1. The van der Waals surface area contributed by atoms with Crippen LogP contribution in [0.5, 0.6) is 0 Å². The summed E-state index contributed by atoms with van der Waals surface area (Å²) in [5.41, 5.74) is 2.01. The molecule has 0 aromatic carbocycles. The first-order valence-electron chi connectivity index (χ1n) is 6.50. The Morgan fingerprint density at radius 3 is 2.72 bits per heavy atom. The van der Waals surface area contributed by atoms with Gasteiger partial charge in [0.2, 0.25) is 5.91 Å². The van der Waals surface area contributed by atoms with Gasteiger partial charge in [-0.25, -0.2) is 0 Å². The third kappa shape index (κ3) is 2.81. The molecule has 0 N–H and O–H groups in total. The highest BCUT2D eigenvalue weighted by atomic mass is 16.2. The molecule has 0 unspecified atom stereocenters. The van der Waals surface area contributed by atoms with Crippen LogP contribution in [0.15, 0.2) is 12.4 Å². The number of amides is 1. The van der Waals surface area contributed by atoms with E-state index < -0.39 is 0 Å². The van der Waals surface area contributed by atoms with Gasteiger partial charge in [-0.3, -0.25) is 9.59 Å². The van der Waals surface area contributed by atoms with Crippen molar-refractivity contribution >= 4 is 11.7 Å². The summed E-state index contributed by atoms with van der Waals surface area (Å²) in [4.78, 5) is 25.0. The van der Waals surface area contributed by atoms with Gasteiger partial charge in [0.1, 0.15) is 0 Å². The maximum atomic E-state index is 11.9. The Kier molecular flexibility index (Phi) is 3.84. The standard InChI is InChI=1S/C14H20N2O2/c1-15(2)14(18)7-8-16-9-11-5-3-4-6-13(17)12(11)10-16/h9-10H,3-8H2,1-2H3. The summed E-state index contributed by atoms with van der Waals surface area (Å²) in [5, 5.41) is 0. The maximum absolute atomic E-state index is 11.9. The zero-order valence-electron chi connectivity index (χ0n) is 11.1. The first kappa shape index (κ1) is 12.9. The van der Waals surface area contributed by atoms with Crippen molar-refractivity contribution in [1.29, 1.82) is 0 Å². The van der Waals surface area contributed by atoms with Gasteiger partial charge in [0.05, 0.1) is 0 Å². The van der Waals surface area contributed by atoms with Crippen LogP contribution in [0.4, 0.5) is 0 Å². The number of aryl methyl sites for hydroxylation is 2. The first-order chi connectivity index (χ1) is 8.58. The van der Waals surface area contributed by atoms with E-state index >= 15 is 0 Å². The van der Waals surface area contributed by atoms with Crippen LogP contribution in [-0.4, -0.2) is 35.3 Å². The van der Waals surface area contributed by atoms with Gasteiger partial charge in [0.15, 0.2) is 5.78 Å². The summed E-state index contributed by atoms with van der Waals surface area (Å²) in [6, 6.07) is 0. The number of nitrogens with zero attached hydrogens (tertiary/aromatic N) is 2. The van der Waals surface area contributed by atoms with Gasteiger partial charge in [-0.05, 0) is 24.8 Å². The molecule has 0 saturated heterocycles. The third-order valence-electron chi connectivity index (χ3n) is 3.45. The molecule has 4 heteroatoms. The lowest BCUT2D eigenvalue weighted by Crippen LogP contribution is -2.22. The minimum atomic E-state index is 0.116. The lowest BCUT2D eigenvalue weighted by Gasteiger charge is -2.10. The molecule has 0 spiro atoms. The van der Waals surface area contributed by atoms with Crippen LogP contribution in [0.2, 0.25) is 0 Å². The average molecular weight is 248 g/mol. The number of carbonyl (C=O) groups excluding carboxylic acids is 2. The highest BCUT2D eigenvalue weighted by Crippen LogP contribution is 2.21. The molecule has 0 saturated carbocycles. The second-order valence-electron chi connectivity index (χ2n) is 5.10. The summed E-state index contributed by atoms with van der Waals surface area (Å²) in [6.45, 7) is 0.650. The van der Waals surface area contributed by atoms with Crippen molar-refractivity contribution < 1.29 is 9.59 Å². The minimum absolute atomic E-state index is 0.116. The summed E-state index contributed by atoms with van der Waals surface area (Å²) in [6.07, 6.45) is 8.14. The fraction of sp³-hybridized carbons (Fsp3) is 0.571. The maximum Gasteiger partial charge on any atom is 0.223 e. The molecule has 1 aliphatic rings. The quantitative estimate of drug-likeness (QED) is 0.766. The molecule has 0 fully saturated rings. The van der Waals surface area contributed by atoms with Crippen molar-refractivity contribution in [3.05, 3.63) is 23.5 Å². The van der Waals surface area contributed by atoms with Gasteiger partial charge in [-0.1, -0.05) is 0 Å². The number of Topliss-reactive ketones (excluding diaryl/α,β-unsaturated/α-hetero) is 1. The first-order valence-corrected chi connectivity index (χ1v) is 6.50. The van der Waals surface area contributed by atoms with E-state index in [2.05, 4.69) is 0 Å². The van der Waals surface area contributed by atoms with Crippen LogP contribution in [-0.2, 0) is 17.8 Å². The van der Waals surface area contributed by atoms with Crippen molar-refractivity contribution in [2.75, 3.05) is 14.1 Å². The van der Waals surface area contributed by atoms with Gasteiger partial charge in [0.25, 0.3) is 0 Å². The zero-order chi connectivity index (χ0) is 13.1. The number of fused-ring (bicyclic) bond motifs is 1. The summed E-state index contributed by atoms with van der Waals surface area (Å²) < 4.78 is 1.98. The Hall–Kier alpha value is -1.58. The predicted molar refractivity (Wildman–Crippen MR) is 69.6 cm³/mol. The molecular formula is C14H20N2O2. The Labute approximate surface area is 108 Å². The van der Waals surface area contributed by atoms with Crippen LogP contribution in [0.3, 0.4) is 0 Å². The van der Waals surface area contributed by atoms with E-state index in [0.29, 0.717) is 19.4 Å². The van der Waals surface area contributed by atoms with Gasteiger partial charge < -0.3 is 9.47 Å². The molecule has 1 aliphatic carbocycles. The Morgan fingerprint density at radius 1 is 1.28 bits per heavy atom. The van der Waals surface area contributed by atoms with E-state index in [9.17, 15) is 9.59 Å². The molecule has 98 valence electrons. The van der Waals surface area contributed by atoms with Gasteiger partial charge >= 0.3 is 0 Å². The van der Waals surface area contributed by atoms with Crippen molar-refractivity contribution in [1.82, 2.24) is 9.47 Å². The van der Waals surface area contributed by atoms with Gasteiger partial charge in [-0.15, -0.1) is 0 Å². The lowest BCUT2D eigenvalue weighted by molar-refractivity contribution is -0.128. The van der Waals surface area contributed by atoms with Crippen molar-refractivity contribution in [3.8, 4) is 0 Å². The molecule has 0 aliphatic heterocycles. The van der Waals surface area contributed by atoms with E-state index in [-0.39, 0.29) is 11.7 Å². The second kappa shape index (κ2) is 5.38. The second-order valence-corrected chi connectivity index (χ2v) is 5.10. The van der Waals surface area contributed by atoms with Crippen molar-refractivity contribution in [3.63, 3.8) is 0 Å². The Bertz CT molecular complexity index is 460. The molecule has 1 aromatic rings. The molecule has 0 bridgehead atoms. The highest BCUT2D eigenvalue weighted by Gasteiger charge is 2.17. The molecule has 1 heterocycles. The molecular weight excluding hydrogens is 228 g/mol. The van der Waals surface area contributed by atoms with Crippen molar-refractivity contribution in [2.45, 2.75) is 38.6 Å². The van der Waals surface area contributed by atoms with E-state index in [4.69, 9.17) is 0 Å². The van der Waals surface area contributed by atoms with Crippen LogP contribution >= 0.6 is 0 Å². The Balaban J connectivity index is 2.05. The molecule has 1 amide bonds. The van der Waals surface area contributed by atoms with Crippen LogP contribution in [0.1, 0.15) is 41.6 Å². The fourth-order valence-electron chi connectivity index (χ4n) is 2.32. The smallest absolute Gasteiger partial charge is 0.223 e. The topological polar surface area (TPSA) is 42.3 Å². The number of ketones is 1. The summed E-state index contributed by atoms with van der Waals surface area (Å²) >= 11 is 0.